The average Bonchev–Trinajstić information content (AvgIpc) is 2.89. The molecule has 0 aliphatic rings. The Balaban J connectivity index is 1.39. The van der Waals surface area contributed by atoms with E-state index in [9.17, 15) is 4.79 Å². The van der Waals surface area contributed by atoms with Crippen LogP contribution in [0.4, 0.5) is 17.3 Å². The Morgan fingerprint density at radius 1 is 0.800 bits per heavy atom. The Morgan fingerprint density at radius 3 is 2.37 bits per heavy atom. The fourth-order valence-corrected chi connectivity index (χ4v) is 3.85. The van der Waals surface area contributed by atoms with Gasteiger partial charge in [-0.2, -0.15) is 0 Å². The lowest BCUT2D eigenvalue weighted by molar-refractivity contribution is 0.102. The number of aromatic nitrogens is 2. The Bertz CT molecular complexity index is 1500. The van der Waals surface area contributed by atoms with Crippen LogP contribution in [0.1, 0.15) is 15.9 Å². The number of carbonyl (C=O) groups excluding carboxylic acids is 1. The van der Waals surface area contributed by atoms with Crippen LogP contribution < -0.4 is 15.4 Å². The van der Waals surface area contributed by atoms with Crippen molar-refractivity contribution in [3.63, 3.8) is 0 Å². The Kier molecular flexibility index (Phi) is 6.09. The fourth-order valence-electron chi connectivity index (χ4n) is 3.85. The third-order valence-corrected chi connectivity index (χ3v) is 5.63. The van der Waals surface area contributed by atoms with Gasteiger partial charge in [0.1, 0.15) is 5.75 Å². The highest BCUT2D eigenvalue weighted by Gasteiger charge is 2.11. The van der Waals surface area contributed by atoms with E-state index in [2.05, 4.69) is 23.6 Å². The highest BCUT2D eigenvalue weighted by Crippen LogP contribution is 2.29. The van der Waals surface area contributed by atoms with Crippen molar-refractivity contribution in [1.29, 1.82) is 0 Å². The van der Waals surface area contributed by atoms with E-state index in [0.717, 1.165) is 33.4 Å². The first kappa shape index (κ1) is 22.1. The molecule has 1 heterocycles. The molecular weight excluding hydrogens is 436 g/mol. The highest BCUT2D eigenvalue weighted by atomic mass is 16.5. The minimum Gasteiger partial charge on any atom is -0.497 e. The molecule has 5 rings (SSSR count). The highest BCUT2D eigenvalue weighted by molar-refractivity contribution is 6.04. The number of fused-ring (bicyclic) bond motifs is 1. The molecule has 172 valence electrons. The first-order chi connectivity index (χ1) is 17.1. The van der Waals surface area contributed by atoms with E-state index in [4.69, 9.17) is 14.7 Å². The summed E-state index contributed by atoms with van der Waals surface area (Å²) in [5.74, 6) is 0.977. The first-order valence-electron chi connectivity index (χ1n) is 11.3. The van der Waals surface area contributed by atoms with E-state index in [0.29, 0.717) is 22.9 Å². The summed E-state index contributed by atoms with van der Waals surface area (Å²) >= 11 is 0. The van der Waals surface area contributed by atoms with Gasteiger partial charge in [-0.15, -0.1) is 0 Å². The molecule has 2 N–H and O–H groups in total. The molecule has 0 unspecified atom stereocenters. The van der Waals surface area contributed by atoms with E-state index < -0.39 is 0 Å². The molecule has 0 aliphatic heterocycles. The number of hydrogen-bond donors (Lipinski definition) is 2. The molecule has 5 aromatic rings. The molecule has 1 aromatic heterocycles. The van der Waals surface area contributed by atoms with E-state index >= 15 is 0 Å². The number of amides is 1. The molecule has 0 saturated carbocycles. The number of hydrogen-bond acceptors (Lipinski definition) is 5. The molecule has 0 spiro atoms. The van der Waals surface area contributed by atoms with Crippen LogP contribution in [0.25, 0.3) is 22.2 Å². The molecule has 0 atom stereocenters. The number of anilines is 3. The van der Waals surface area contributed by atoms with Crippen molar-refractivity contribution in [2.24, 2.45) is 0 Å². The van der Waals surface area contributed by atoms with Gasteiger partial charge in [0.25, 0.3) is 5.91 Å². The van der Waals surface area contributed by atoms with Crippen LogP contribution in [-0.4, -0.2) is 23.0 Å². The van der Waals surface area contributed by atoms with Crippen LogP contribution in [0.2, 0.25) is 0 Å². The van der Waals surface area contributed by atoms with Gasteiger partial charge in [-0.1, -0.05) is 48.0 Å². The summed E-state index contributed by atoms with van der Waals surface area (Å²) in [6, 6.07) is 30.7. The van der Waals surface area contributed by atoms with Crippen LogP contribution in [0.15, 0.2) is 97.1 Å². The SMILES string of the molecule is COc1cccc(NC(=O)c2ccc(Nc3nc(-c4ccccc4)c4cc(C)ccc4n3)cc2)c1. The number of aryl methyl sites for hydroxylation is 1. The minimum atomic E-state index is -0.200. The van der Waals surface area contributed by atoms with Crippen LogP contribution >= 0.6 is 0 Å². The first-order valence-corrected chi connectivity index (χ1v) is 11.3. The van der Waals surface area contributed by atoms with Gasteiger partial charge >= 0.3 is 0 Å². The van der Waals surface area contributed by atoms with Crippen molar-refractivity contribution in [3.8, 4) is 17.0 Å². The number of nitrogens with one attached hydrogen (secondary N) is 2. The molecule has 0 saturated heterocycles. The lowest BCUT2D eigenvalue weighted by Gasteiger charge is -2.12. The quantitative estimate of drug-likeness (QED) is 0.298. The van der Waals surface area contributed by atoms with Crippen molar-refractivity contribution in [1.82, 2.24) is 9.97 Å². The number of ether oxygens (including phenoxy) is 1. The molecule has 35 heavy (non-hydrogen) atoms. The van der Waals surface area contributed by atoms with E-state index in [1.54, 1.807) is 25.3 Å². The van der Waals surface area contributed by atoms with Gasteiger partial charge in [-0.3, -0.25) is 4.79 Å². The average molecular weight is 461 g/mol. The molecular formula is C29H24N4O2. The largest absolute Gasteiger partial charge is 0.497 e. The number of rotatable bonds is 6. The second-order valence-electron chi connectivity index (χ2n) is 8.17. The standard InChI is InChI=1S/C29H24N4O2/c1-19-11-16-26-25(17-19)27(20-7-4-3-5-8-20)33-29(32-26)31-22-14-12-21(13-15-22)28(34)30-23-9-6-10-24(18-23)35-2/h3-18H,1-2H3,(H,30,34)(H,31,32,33). The van der Waals surface area contributed by atoms with Crippen molar-refractivity contribution in [3.05, 3.63) is 108 Å². The van der Waals surface area contributed by atoms with Gasteiger partial charge in [0.05, 0.1) is 18.3 Å². The third kappa shape index (κ3) is 4.96. The monoisotopic (exact) mass is 460 g/mol. The van der Waals surface area contributed by atoms with Gasteiger partial charge in [0, 0.05) is 34.0 Å². The summed E-state index contributed by atoms with van der Waals surface area (Å²) in [6.45, 7) is 2.06. The van der Waals surface area contributed by atoms with Crippen LogP contribution in [0.5, 0.6) is 5.75 Å². The predicted molar refractivity (Wildman–Crippen MR) is 140 cm³/mol. The second kappa shape index (κ2) is 9.65. The molecule has 6 heteroatoms. The van der Waals surface area contributed by atoms with E-state index in [1.807, 2.05) is 72.8 Å². The van der Waals surface area contributed by atoms with Crippen molar-refractivity contribution < 1.29 is 9.53 Å². The van der Waals surface area contributed by atoms with Crippen molar-refractivity contribution in [2.75, 3.05) is 17.7 Å². The molecule has 4 aromatic carbocycles. The summed E-state index contributed by atoms with van der Waals surface area (Å²) in [5, 5.41) is 7.18. The maximum atomic E-state index is 12.7. The lowest BCUT2D eigenvalue weighted by atomic mass is 10.0. The summed E-state index contributed by atoms with van der Waals surface area (Å²) in [5.41, 5.74) is 5.91. The predicted octanol–water partition coefficient (Wildman–Crippen LogP) is 6.61. The molecule has 0 radical (unpaired) electrons. The Morgan fingerprint density at radius 2 is 1.60 bits per heavy atom. The summed E-state index contributed by atoms with van der Waals surface area (Å²) in [4.78, 5) is 22.2. The molecule has 0 bridgehead atoms. The molecule has 1 amide bonds. The topological polar surface area (TPSA) is 76.1 Å². The van der Waals surface area contributed by atoms with Crippen LogP contribution in [-0.2, 0) is 0 Å². The fraction of sp³-hybridized carbons (Fsp3) is 0.0690. The maximum Gasteiger partial charge on any atom is 0.255 e. The zero-order valence-electron chi connectivity index (χ0n) is 19.4. The Labute approximate surface area is 203 Å². The van der Waals surface area contributed by atoms with Crippen LogP contribution in [0, 0.1) is 6.92 Å². The van der Waals surface area contributed by atoms with Gasteiger partial charge in [0.15, 0.2) is 0 Å². The zero-order chi connectivity index (χ0) is 24.2. The summed E-state index contributed by atoms with van der Waals surface area (Å²) in [6.07, 6.45) is 0. The normalized spacial score (nSPS) is 10.7. The number of carbonyl (C=O) groups is 1. The second-order valence-corrected chi connectivity index (χ2v) is 8.17. The lowest BCUT2D eigenvalue weighted by Crippen LogP contribution is -2.11. The van der Waals surface area contributed by atoms with E-state index in [1.165, 1.54) is 0 Å². The Hall–Kier alpha value is -4.71. The number of nitrogens with zero attached hydrogens (tertiary/aromatic N) is 2. The minimum absolute atomic E-state index is 0.200. The third-order valence-electron chi connectivity index (χ3n) is 5.63. The summed E-state index contributed by atoms with van der Waals surface area (Å²) < 4.78 is 5.21. The number of benzene rings is 4. The zero-order valence-corrected chi connectivity index (χ0v) is 19.4. The van der Waals surface area contributed by atoms with Crippen LogP contribution in [0.3, 0.4) is 0 Å². The number of methoxy groups -OCH3 is 1. The maximum absolute atomic E-state index is 12.7. The molecule has 0 fully saturated rings. The van der Waals surface area contributed by atoms with Gasteiger partial charge in [-0.05, 0) is 55.5 Å². The van der Waals surface area contributed by atoms with Gasteiger partial charge in [-0.25, -0.2) is 9.97 Å². The molecule has 6 nitrogen and oxygen atoms in total. The molecule has 0 aliphatic carbocycles. The van der Waals surface area contributed by atoms with E-state index in [-0.39, 0.29) is 5.91 Å². The van der Waals surface area contributed by atoms with Gasteiger partial charge in [0.2, 0.25) is 5.95 Å². The summed E-state index contributed by atoms with van der Waals surface area (Å²) in [7, 11) is 1.59. The van der Waals surface area contributed by atoms with Crippen molar-refractivity contribution in [2.45, 2.75) is 6.92 Å². The smallest absolute Gasteiger partial charge is 0.255 e. The van der Waals surface area contributed by atoms with Crippen molar-refractivity contribution >= 4 is 34.1 Å². The van der Waals surface area contributed by atoms with Gasteiger partial charge < -0.3 is 15.4 Å².